The van der Waals surface area contributed by atoms with E-state index in [1.165, 1.54) is 0 Å². The summed E-state index contributed by atoms with van der Waals surface area (Å²) in [4.78, 5) is 24.9. The zero-order valence-electron chi connectivity index (χ0n) is 10.9. The average molecular weight is 241 g/mol. The number of hydrogen-bond donors (Lipinski definition) is 2. The van der Waals surface area contributed by atoms with Crippen molar-refractivity contribution in [2.75, 3.05) is 13.1 Å². The first-order chi connectivity index (χ1) is 7.76. The van der Waals surface area contributed by atoms with E-state index in [1.54, 1.807) is 4.90 Å². The summed E-state index contributed by atoms with van der Waals surface area (Å²) in [5.41, 5.74) is 10.6. The van der Waals surface area contributed by atoms with Crippen molar-refractivity contribution in [3.8, 4) is 0 Å². The number of nitrogens with zero attached hydrogens (tertiary/aromatic N) is 1. The van der Waals surface area contributed by atoms with Gasteiger partial charge in [0.2, 0.25) is 11.8 Å². The van der Waals surface area contributed by atoms with Gasteiger partial charge in [0.15, 0.2) is 0 Å². The molecule has 1 fully saturated rings. The fourth-order valence-corrected chi connectivity index (χ4v) is 1.94. The quantitative estimate of drug-likeness (QED) is 0.730. The minimum atomic E-state index is -0.572. The lowest BCUT2D eigenvalue weighted by Crippen LogP contribution is -2.40. The smallest absolute Gasteiger partial charge is 0.225 e. The lowest BCUT2D eigenvalue weighted by molar-refractivity contribution is -0.132. The maximum atomic E-state index is 12.0. The predicted molar refractivity (Wildman–Crippen MR) is 65.9 cm³/mol. The third-order valence-electron chi connectivity index (χ3n) is 3.69. The van der Waals surface area contributed by atoms with Gasteiger partial charge in [-0.2, -0.15) is 0 Å². The van der Waals surface area contributed by atoms with Gasteiger partial charge in [0, 0.05) is 25.6 Å². The van der Waals surface area contributed by atoms with E-state index in [0.717, 1.165) is 0 Å². The molecule has 2 amide bonds. The Morgan fingerprint density at radius 2 is 2.00 bits per heavy atom. The standard InChI is InChI=1S/C12H23N3O2/c1-8(2)9(13)6-10(16)15-5-4-12(3,7-15)11(14)17/h8-9H,4-7,13H2,1-3H3,(H2,14,17). The predicted octanol–water partition coefficient (Wildman–Crippen LogP) is 0.0837. The molecule has 1 aliphatic heterocycles. The summed E-state index contributed by atoms with van der Waals surface area (Å²) in [5.74, 6) is -0.0267. The zero-order valence-corrected chi connectivity index (χ0v) is 10.9. The Hall–Kier alpha value is -1.10. The summed E-state index contributed by atoms with van der Waals surface area (Å²) < 4.78 is 0. The zero-order chi connectivity index (χ0) is 13.2. The molecule has 0 aliphatic carbocycles. The summed E-state index contributed by atoms with van der Waals surface area (Å²) in [5, 5.41) is 0. The van der Waals surface area contributed by atoms with E-state index in [-0.39, 0.29) is 23.8 Å². The second kappa shape index (κ2) is 5.04. The van der Waals surface area contributed by atoms with Crippen LogP contribution in [-0.4, -0.2) is 35.8 Å². The van der Waals surface area contributed by atoms with Crippen molar-refractivity contribution < 1.29 is 9.59 Å². The molecule has 2 unspecified atom stereocenters. The molecule has 17 heavy (non-hydrogen) atoms. The summed E-state index contributed by atoms with van der Waals surface area (Å²) in [7, 11) is 0. The van der Waals surface area contributed by atoms with Crippen LogP contribution in [0.4, 0.5) is 0 Å². The van der Waals surface area contributed by atoms with Gasteiger partial charge in [-0.25, -0.2) is 0 Å². The Bertz CT molecular complexity index is 317. The molecule has 2 atom stereocenters. The first-order valence-corrected chi connectivity index (χ1v) is 6.09. The van der Waals surface area contributed by atoms with Gasteiger partial charge >= 0.3 is 0 Å². The van der Waals surface area contributed by atoms with Crippen LogP contribution < -0.4 is 11.5 Å². The minimum Gasteiger partial charge on any atom is -0.369 e. The van der Waals surface area contributed by atoms with Gasteiger partial charge in [0.1, 0.15) is 0 Å². The molecule has 1 heterocycles. The van der Waals surface area contributed by atoms with Gasteiger partial charge < -0.3 is 16.4 Å². The van der Waals surface area contributed by atoms with Gasteiger partial charge in [0.05, 0.1) is 5.41 Å². The molecule has 0 spiro atoms. The van der Waals surface area contributed by atoms with Crippen molar-refractivity contribution >= 4 is 11.8 Å². The van der Waals surface area contributed by atoms with Crippen molar-refractivity contribution in [2.24, 2.45) is 22.8 Å². The van der Waals surface area contributed by atoms with E-state index in [4.69, 9.17) is 11.5 Å². The van der Waals surface area contributed by atoms with E-state index >= 15 is 0 Å². The van der Waals surface area contributed by atoms with Crippen LogP contribution in [0, 0.1) is 11.3 Å². The highest BCUT2D eigenvalue weighted by atomic mass is 16.2. The second-order valence-electron chi connectivity index (χ2n) is 5.60. The van der Waals surface area contributed by atoms with Crippen molar-refractivity contribution in [2.45, 2.75) is 39.7 Å². The van der Waals surface area contributed by atoms with Crippen molar-refractivity contribution in [3.05, 3.63) is 0 Å². The van der Waals surface area contributed by atoms with Gasteiger partial charge in [0.25, 0.3) is 0 Å². The van der Waals surface area contributed by atoms with Gasteiger partial charge in [-0.05, 0) is 19.3 Å². The van der Waals surface area contributed by atoms with Crippen LogP contribution in [0.1, 0.15) is 33.6 Å². The number of rotatable bonds is 4. The molecule has 1 aliphatic rings. The summed E-state index contributed by atoms with van der Waals surface area (Å²) in [6.45, 7) is 6.82. The number of primary amides is 1. The maximum absolute atomic E-state index is 12.0. The molecule has 0 aromatic heterocycles. The van der Waals surface area contributed by atoms with E-state index in [0.29, 0.717) is 25.9 Å². The SMILES string of the molecule is CC(C)C(N)CC(=O)N1CCC(C)(C(N)=O)C1. The molecule has 98 valence electrons. The van der Waals surface area contributed by atoms with Crippen molar-refractivity contribution in [1.82, 2.24) is 4.90 Å². The fraction of sp³-hybridized carbons (Fsp3) is 0.833. The highest BCUT2D eigenvalue weighted by molar-refractivity contribution is 5.83. The summed E-state index contributed by atoms with van der Waals surface area (Å²) in [6.07, 6.45) is 0.984. The third-order valence-corrected chi connectivity index (χ3v) is 3.69. The average Bonchev–Trinajstić information content (AvgIpc) is 2.62. The van der Waals surface area contributed by atoms with Gasteiger partial charge in [-0.15, -0.1) is 0 Å². The molecule has 4 N–H and O–H groups in total. The Morgan fingerprint density at radius 3 is 2.41 bits per heavy atom. The Labute approximate surface area is 103 Å². The number of carbonyl (C=O) groups is 2. The van der Waals surface area contributed by atoms with Gasteiger partial charge in [-0.3, -0.25) is 9.59 Å². The number of likely N-dealkylation sites (tertiary alicyclic amines) is 1. The Morgan fingerprint density at radius 1 is 1.41 bits per heavy atom. The highest BCUT2D eigenvalue weighted by Gasteiger charge is 2.40. The molecular weight excluding hydrogens is 218 g/mol. The first-order valence-electron chi connectivity index (χ1n) is 6.09. The molecule has 0 aromatic carbocycles. The van der Waals surface area contributed by atoms with E-state index in [2.05, 4.69) is 0 Å². The Balaban J connectivity index is 2.54. The van der Waals surface area contributed by atoms with E-state index in [9.17, 15) is 9.59 Å². The van der Waals surface area contributed by atoms with Crippen LogP contribution in [0.5, 0.6) is 0 Å². The molecule has 0 bridgehead atoms. The normalized spacial score (nSPS) is 26.3. The first kappa shape index (κ1) is 14.0. The topological polar surface area (TPSA) is 89.4 Å². The molecule has 5 heteroatoms. The number of amides is 2. The lowest BCUT2D eigenvalue weighted by Gasteiger charge is -2.23. The summed E-state index contributed by atoms with van der Waals surface area (Å²) in [6, 6.07) is -0.122. The number of carbonyl (C=O) groups excluding carboxylic acids is 2. The molecule has 0 radical (unpaired) electrons. The van der Waals surface area contributed by atoms with Crippen LogP contribution in [0.2, 0.25) is 0 Å². The van der Waals surface area contributed by atoms with Crippen LogP contribution in [0.15, 0.2) is 0 Å². The third kappa shape index (κ3) is 3.19. The van der Waals surface area contributed by atoms with Crippen LogP contribution in [0.3, 0.4) is 0 Å². The van der Waals surface area contributed by atoms with Crippen LogP contribution >= 0.6 is 0 Å². The molecule has 1 saturated heterocycles. The van der Waals surface area contributed by atoms with Crippen LogP contribution in [0.25, 0.3) is 0 Å². The maximum Gasteiger partial charge on any atom is 0.225 e. The molecule has 0 aromatic rings. The van der Waals surface area contributed by atoms with E-state index < -0.39 is 5.41 Å². The van der Waals surface area contributed by atoms with Gasteiger partial charge in [-0.1, -0.05) is 13.8 Å². The lowest BCUT2D eigenvalue weighted by atomic mass is 9.89. The van der Waals surface area contributed by atoms with Crippen molar-refractivity contribution in [3.63, 3.8) is 0 Å². The van der Waals surface area contributed by atoms with Crippen molar-refractivity contribution in [1.29, 1.82) is 0 Å². The monoisotopic (exact) mass is 241 g/mol. The molecular formula is C12H23N3O2. The van der Waals surface area contributed by atoms with E-state index in [1.807, 2.05) is 20.8 Å². The largest absolute Gasteiger partial charge is 0.369 e. The minimum absolute atomic E-state index is 0.0242. The molecule has 1 rings (SSSR count). The summed E-state index contributed by atoms with van der Waals surface area (Å²) >= 11 is 0. The molecule has 5 nitrogen and oxygen atoms in total. The Kier molecular flexibility index (Phi) is 4.14. The second-order valence-corrected chi connectivity index (χ2v) is 5.60. The highest BCUT2D eigenvalue weighted by Crippen LogP contribution is 2.29. The number of nitrogens with two attached hydrogens (primary N) is 2. The molecule has 0 saturated carbocycles. The number of hydrogen-bond acceptors (Lipinski definition) is 3. The fourth-order valence-electron chi connectivity index (χ4n) is 1.94. The van der Waals surface area contributed by atoms with Crippen LogP contribution in [-0.2, 0) is 9.59 Å².